The van der Waals surface area contributed by atoms with E-state index in [4.69, 9.17) is 9.47 Å². The summed E-state index contributed by atoms with van der Waals surface area (Å²) < 4.78 is 12.3. The van der Waals surface area contributed by atoms with Crippen LogP contribution in [0.1, 0.15) is 11.1 Å². The van der Waals surface area contributed by atoms with Crippen molar-refractivity contribution in [2.45, 2.75) is 11.8 Å². The Balaban J connectivity index is 1.60. The molecular formula is C24H19IN2O4S. The van der Waals surface area contributed by atoms with Crippen molar-refractivity contribution >= 4 is 57.4 Å². The van der Waals surface area contributed by atoms with Crippen LogP contribution in [0.5, 0.6) is 11.5 Å². The van der Waals surface area contributed by atoms with Gasteiger partial charge in [-0.2, -0.15) is 0 Å². The summed E-state index contributed by atoms with van der Waals surface area (Å²) in [6, 6.07) is 21.1. The van der Waals surface area contributed by atoms with Crippen LogP contribution in [0.25, 0.3) is 17.1 Å². The fourth-order valence-corrected chi connectivity index (χ4v) is 4.64. The molecule has 0 aliphatic rings. The second-order valence-corrected chi connectivity index (χ2v) is 8.98. The van der Waals surface area contributed by atoms with E-state index in [0.717, 1.165) is 31.9 Å². The summed E-state index contributed by atoms with van der Waals surface area (Å²) in [5.74, 6) is 0.127. The van der Waals surface area contributed by atoms with E-state index in [2.05, 4.69) is 32.6 Å². The van der Waals surface area contributed by atoms with Crippen LogP contribution in [0.4, 0.5) is 0 Å². The fraction of sp³-hybridized carbons (Fsp3) is 0.0833. The molecule has 0 bridgehead atoms. The number of fused-ring (bicyclic) bond motifs is 1. The third kappa shape index (κ3) is 5.25. The predicted molar refractivity (Wildman–Crippen MR) is 134 cm³/mol. The van der Waals surface area contributed by atoms with Crippen molar-refractivity contribution in [2.75, 3.05) is 7.11 Å². The molecule has 1 aromatic heterocycles. The molecular weight excluding hydrogens is 539 g/mol. The molecule has 1 heterocycles. The number of carboxylic acids is 1. The highest BCUT2D eigenvalue weighted by molar-refractivity contribution is 14.1. The lowest BCUT2D eigenvalue weighted by Crippen LogP contribution is -2.01. The summed E-state index contributed by atoms with van der Waals surface area (Å²) in [5.41, 5.74) is 3.38. The predicted octanol–water partition coefficient (Wildman–Crippen LogP) is 5.97. The first kappa shape index (κ1) is 22.2. The van der Waals surface area contributed by atoms with Gasteiger partial charge >= 0.3 is 5.97 Å². The zero-order chi connectivity index (χ0) is 22.5. The number of hydrogen-bond acceptors (Lipinski definition) is 5. The summed E-state index contributed by atoms with van der Waals surface area (Å²) >= 11 is 3.24. The second kappa shape index (κ2) is 10.1. The highest BCUT2D eigenvalue weighted by Crippen LogP contribution is 2.36. The van der Waals surface area contributed by atoms with E-state index in [1.165, 1.54) is 0 Å². The molecule has 2 N–H and O–H groups in total. The molecule has 0 aliphatic carbocycles. The van der Waals surface area contributed by atoms with Crippen LogP contribution < -0.4 is 9.47 Å². The van der Waals surface area contributed by atoms with Gasteiger partial charge in [0.15, 0.2) is 16.7 Å². The van der Waals surface area contributed by atoms with Gasteiger partial charge in [0.2, 0.25) is 0 Å². The molecule has 0 amide bonds. The molecule has 0 aliphatic heterocycles. The van der Waals surface area contributed by atoms with Gasteiger partial charge in [0.25, 0.3) is 0 Å². The van der Waals surface area contributed by atoms with Crippen LogP contribution in [-0.2, 0) is 11.4 Å². The number of aliphatic carboxylic acids is 1. The lowest BCUT2D eigenvalue weighted by molar-refractivity contribution is -0.131. The van der Waals surface area contributed by atoms with E-state index in [1.807, 2.05) is 60.7 Å². The van der Waals surface area contributed by atoms with Crippen molar-refractivity contribution in [1.29, 1.82) is 0 Å². The topological polar surface area (TPSA) is 84.4 Å². The first-order chi connectivity index (χ1) is 15.5. The molecule has 0 saturated carbocycles. The van der Waals surface area contributed by atoms with Gasteiger partial charge in [-0.05, 0) is 75.8 Å². The Morgan fingerprint density at radius 3 is 2.62 bits per heavy atom. The zero-order valence-corrected chi connectivity index (χ0v) is 20.0. The Hall–Kier alpha value is -2.98. The van der Waals surface area contributed by atoms with Crippen LogP contribution in [0.15, 0.2) is 76.8 Å². The summed E-state index contributed by atoms with van der Waals surface area (Å²) in [5, 5.41) is 10.3. The summed E-state index contributed by atoms with van der Waals surface area (Å²) in [4.78, 5) is 19.6. The van der Waals surface area contributed by atoms with Gasteiger partial charge < -0.3 is 19.6 Å². The number of halogens is 1. The number of carboxylic acid groups (broad SMARTS) is 1. The number of H-pyrrole nitrogens is 1. The Labute approximate surface area is 202 Å². The Bertz CT molecular complexity index is 1250. The van der Waals surface area contributed by atoms with E-state index in [9.17, 15) is 9.90 Å². The molecule has 0 radical (unpaired) electrons. The van der Waals surface area contributed by atoms with Gasteiger partial charge in [-0.25, -0.2) is 9.78 Å². The van der Waals surface area contributed by atoms with Gasteiger partial charge in [-0.3, -0.25) is 0 Å². The number of nitrogens with zero attached hydrogens (tertiary/aromatic N) is 1. The number of para-hydroxylation sites is 2. The number of thioether (sulfide) groups is 1. The molecule has 4 rings (SSSR count). The maximum atomic E-state index is 11.9. The minimum Gasteiger partial charge on any atom is -0.493 e. The maximum Gasteiger partial charge on any atom is 0.342 e. The van der Waals surface area contributed by atoms with Gasteiger partial charge in [-0.15, -0.1) is 0 Å². The van der Waals surface area contributed by atoms with Crippen LogP contribution in [0.3, 0.4) is 0 Å². The SMILES string of the molecule is COc1cc(/C=C(\Sc2nc3ccccc3[nH]2)C(=O)O)cc(I)c1OCc1ccccc1. The van der Waals surface area contributed by atoms with Gasteiger partial charge in [0, 0.05) is 0 Å². The minimum absolute atomic E-state index is 0.139. The molecule has 0 unspecified atom stereocenters. The first-order valence-corrected chi connectivity index (χ1v) is 11.5. The largest absolute Gasteiger partial charge is 0.493 e. The normalized spacial score (nSPS) is 11.5. The summed E-state index contributed by atoms with van der Waals surface area (Å²) in [7, 11) is 1.57. The van der Waals surface area contributed by atoms with Crippen molar-refractivity contribution in [3.05, 3.63) is 86.3 Å². The maximum absolute atomic E-state index is 11.9. The molecule has 3 aromatic carbocycles. The molecule has 0 saturated heterocycles. The lowest BCUT2D eigenvalue weighted by atomic mass is 10.2. The van der Waals surface area contributed by atoms with Crippen molar-refractivity contribution in [3.63, 3.8) is 0 Å². The summed E-state index contributed by atoms with van der Waals surface area (Å²) in [6.45, 7) is 0.407. The number of ether oxygens (including phenoxy) is 2. The van der Waals surface area contributed by atoms with Gasteiger partial charge in [0.1, 0.15) is 11.5 Å². The zero-order valence-electron chi connectivity index (χ0n) is 17.0. The molecule has 4 aromatic rings. The van der Waals surface area contributed by atoms with Crippen LogP contribution >= 0.6 is 34.4 Å². The Kier molecular flexibility index (Phi) is 7.01. The smallest absolute Gasteiger partial charge is 0.342 e. The number of hydrogen-bond donors (Lipinski definition) is 2. The van der Waals surface area contributed by atoms with E-state index in [-0.39, 0.29) is 4.91 Å². The second-order valence-electron chi connectivity index (χ2n) is 6.78. The number of aromatic nitrogens is 2. The quantitative estimate of drug-likeness (QED) is 0.158. The number of aromatic amines is 1. The average molecular weight is 558 g/mol. The lowest BCUT2D eigenvalue weighted by Gasteiger charge is -2.14. The van der Waals surface area contributed by atoms with Crippen molar-refractivity contribution in [1.82, 2.24) is 9.97 Å². The number of nitrogens with one attached hydrogen (secondary N) is 1. The summed E-state index contributed by atoms with van der Waals surface area (Å²) in [6.07, 6.45) is 1.60. The van der Waals surface area contributed by atoms with E-state index in [0.29, 0.717) is 28.8 Å². The Morgan fingerprint density at radius 2 is 1.91 bits per heavy atom. The van der Waals surface area contributed by atoms with Crippen LogP contribution in [0, 0.1) is 3.57 Å². The van der Waals surface area contributed by atoms with Crippen molar-refractivity contribution in [3.8, 4) is 11.5 Å². The molecule has 6 nitrogen and oxygen atoms in total. The molecule has 8 heteroatoms. The third-order valence-corrected chi connectivity index (χ3v) is 6.26. The number of rotatable bonds is 8. The molecule has 162 valence electrons. The standard InChI is InChI=1S/C24H19IN2O4S/c1-30-20-12-16(11-17(25)22(20)31-14-15-7-3-2-4-8-15)13-21(23(28)29)32-24-26-18-9-5-6-10-19(18)27-24/h2-13H,14H2,1H3,(H,26,27)(H,28,29)/b21-13-. The van der Waals surface area contributed by atoms with Crippen LogP contribution in [0.2, 0.25) is 0 Å². The van der Waals surface area contributed by atoms with Gasteiger partial charge in [-0.1, -0.05) is 42.5 Å². The van der Waals surface area contributed by atoms with E-state index in [1.54, 1.807) is 19.3 Å². The number of carbonyl (C=O) groups is 1. The molecule has 0 atom stereocenters. The number of benzene rings is 3. The van der Waals surface area contributed by atoms with Crippen LogP contribution in [-0.4, -0.2) is 28.2 Å². The van der Waals surface area contributed by atoms with Crippen molar-refractivity contribution < 1.29 is 19.4 Å². The van der Waals surface area contributed by atoms with E-state index >= 15 is 0 Å². The highest BCUT2D eigenvalue weighted by Gasteiger charge is 2.16. The Morgan fingerprint density at radius 1 is 1.16 bits per heavy atom. The van der Waals surface area contributed by atoms with Gasteiger partial charge in [0.05, 0.1) is 21.7 Å². The third-order valence-electron chi connectivity index (χ3n) is 4.56. The average Bonchev–Trinajstić information content (AvgIpc) is 3.20. The highest BCUT2D eigenvalue weighted by atomic mass is 127. The van der Waals surface area contributed by atoms with Crippen molar-refractivity contribution in [2.24, 2.45) is 0 Å². The van der Waals surface area contributed by atoms with E-state index < -0.39 is 5.97 Å². The molecule has 0 fully saturated rings. The molecule has 32 heavy (non-hydrogen) atoms. The minimum atomic E-state index is -1.03. The first-order valence-electron chi connectivity index (χ1n) is 9.65. The number of imidazole rings is 1. The monoisotopic (exact) mass is 558 g/mol. The molecule has 0 spiro atoms. The number of methoxy groups -OCH3 is 1. The fourth-order valence-electron chi connectivity index (χ4n) is 3.06.